The molecular formula is C24H40BBrO10. The minimum atomic E-state index is -1.38. The van der Waals surface area contributed by atoms with Gasteiger partial charge in [0.15, 0.2) is 6.29 Å². The van der Waals surface area contributed by atoms with E-state index in [4.69, 9.17) is 47.4 Å². The quantitative estimate of drug-likeness (QED) is 0.0537. The van der Waals surface area contributed by atoms with Crippen LogP contribution in [0.15, 0.2) is 0 Å². The minimum absolute atomic E-state index is 0.0298. The second-order valence-corrected chi connectivity index (χ2v) is 11.3. The van der Waals surface area contributed by atoms with E-state index < -0.39 is 33.3 Å². The molecule has 0 saturated carbocycles. The molecule has 2 radical (unpaired) electrons. The molecule has 0 aromatic rings. The summed E-state index contributed by atoms with van der Waals surface area (Å²) in [6.07, 6.45) is 3.72. The Balaban J connectivity index is 4.35. The summed E-state index contributed by atoms with van der Waals surface area (Å²) in [6.45, 7) is 10.0. The lowest BCUT2D eigenvalue weighted by atomic mass is 9.72. The van der Waals surface area contributed by atoms with Crippen LogP contribution in [0.25, 0.3) is 0 Å². The first-order chi connectivity index (χ1) is 16.7. The second kappa shape index (κ2) is 18.1. The molecule has 10 nitrogen and oxygen atoms in total. The zero-order valence-electron chi connectivity index (χ0n) is 22.0. The van der Waals surface area contributed by atoms with Gasteiger partial charge in [-0.25, -0.2) is 0 Å². The van der Waals surface area contributed by atoms with Crippen molar-refractivity contribution in [3.63, 3.8) is 0 Å². The molecule has 0 saturated heterocycles. The van der Waals surface area contributed by atoms with Crippen molar-refractivity contribution in [1.29, 1.82) is 0 Å². The Bertz CT molecular complexity index is 671. The van der Waals surface area contributed by atoms with Crippen molar-refractivity contribution in [3.8, 4) is 12.3 Å². The number of ether oxygens (including phenoxy) is 7. The zero-order chi connectivity index (χ0) is 27.7. The lowest BCUT2D eigenvalue weighted by Crippen LogP contribution is -2.43. The number of aliphatic hydroxyl groups excluding tert-OH is 1. The molecular weight excluding hydrogens is 539 g/mol. The van der Waals surface area contributed by atoms with E-state index in [1.165, 1.54) is 6.92 Å². The van der Waals surface area contributed by atoms with Crippen LogP contribution in [0.5, 0.6) is 0 Å². The van der Waals surface area contributed by atoms with Crippen LogP contribution in [0.4, 0.5) is 0 Å². The maximum absolute atomic E-state index is 12.8. The van der Waals surface area contributed by atoms with Gasteiger partial charge in [0.05, 0.1) is 60.7 Å². The van der Waals surface area contributed by atoms with Crippen LogP contribution in [-0.4, -0.2) is 108 Å². The molecule has 0 aromatic heterocycles. The van der Waals surface area contributed by atoms with Gasteiger partial charge in [0.2, 0.25) is 0 Å². The fourth-order valence-electron chi connectivity index (χ4n) is 2.19. The summed E-state index contributed by atoms with van der Waals surface area (Å²) in [6, 6.07) is 0. The van der Waals surface area contributed by atoms with Gasteiger partial charge in [-0.1, -0.05) is 35.7 Å². The summed E-state index contributed by atoms with van der Waals surface area (Å²) in [5.74, 6) is 1.13. The molecule has 0 rings (SSSR count). The Morgan fingerprint density at radius 2 is 1.31 bits per heavy atom. The number of halogens is 1. The number of hydrogen-bond donors (Lipinski definition) is 1. The molecule has 0 amide bonds. The molecule has 0 spiro atoms. The Kier molecular flexibility index (Phi) is 17.5. The van der Waals surface area contributed by atoms with Gasteiger partial charge < -0.3 is 38.3 Å². The summed E-state index contributed by atoms with van der Waals surface area (Å²) < 4.78 is 36.2. The molecule has 0 aliphatic heterocycles. The number of carbonyl (C=O) groups excluding carboxylic acids is 2. The Hall–Kier alpha value is -1.20. The third-order valence-corrected chi connectivity index (χ3v) is 4.78. The molecule has 0 bridgehead atoms. The second-order valence-electron chi connectivity index (χ2n) is 9.32. The van der Waals surface area contributed by atoms with Gasteiger partial charge in [-0.2, -0.15) is 0 Å². The Morgan fingerprint density at radius 3 is 1.75 bits per heavy atom. The molecule has 36 heavy (non-hydrogen) atoms. The highest BCUT2D eigenvalue weighted by Crippen LogP contribution is 2.29. The summed E-state index contributed by atoms with van der Waals surface area (Å²) in [5, 5.41) is 9.02. The number of rotatable bonds is 21. The van der Waals surface area contributed by atoms with E-state index in [1.807, 2.05) is 0 Å². The standard InChI is InChI=1S/C24H40BBrO10/c1-7-8-30-9-10-31-11-12-32-13-14-33-15-16-34-21(29)24(6,17-35-19(27)22(2,3)25)18-36-20(28)23(4,5)26/h1,19,27H,8-18H2,2-6H3. The number of esters is 2. The van der Waals surface area contributed by atoms with E-state index >= 15 is 0 Å². The highest BCUT2D eigenvalue weighted by molar-refractivity contribution is 9.10. The zero-order valence-corrected chi connectivity index (χ0v) is 23.6. The van der Waals surface area contributed by atoms with Crippen molar-refractivity contribution in [2.75, 3.05) is 72.7 Å². The van der Waals surface area contributed by atoms with E-state index in [1.54, 1.807) is 27.7 Å². The van der Waals surface area contributed by atoms with E-state index in [-0.39, 0.29) is 33.0 Å². The lowest BCUT2D eigenvalue weighted by Gasteiger charge is -2.32. The lowest BCUT2D eigenvalue weighted by molar-refractivity contribution is -0.183. The minimum Gasteiger partial charge on any atom is -0.463 e. The van der Waals surface area contributed by atoms with Gasteiger partial charge in [0.1, 0.15) is 29.6 Å². The Labute approximate surface area is 224 Å². The summed E-state index contributed by atoms with van der Waals surface area (Å²) in [5.41, 5.74) is -1.38. The fourth-order valence-corrected chi connectivity index (χ4v) is 2.31. The van der Waals surface area contributed by atoms with Crippen LogP contribution < -0.4 is 0 Å². The first-order valence-electron chi connectivity index (χ1n) is 11.6. The third-order valence-electron chi connectivity index (χ3n) is 4.46. The van der Waals surface area contributed by atoms with Crippen LogP contribution in [0.2, 0.25) is 5.31 Å². The van der Waals surface area contributed by atoms with Gasteiger partial charge in [0.25, 0.3) is 0 Å². The molecule has 0 heterocycles. The maximum Gasteiger partial charge on any atom is 0.322 e. The van der Waals surface area contributed by atoms with Crippen molar-refractivity contribution in [3.05, 3.63) is 0 Å². The highest BCUT2D eigenvalue weighted by atomic mass is 79.9. The smallest absolute Gasteiger partial charge is 0.322 e. The van der Waals surface area contributed by atoms with Crippen molar-refractivity contribution in [2.45, 2.75) is 50.5 Å². The summed E-state index contributed by atoms with van der Waals surface area (Å²) in [4.78, 5) is 24.9. The number of aliphatic hydroxyl groups is 1. The normalized spacial score (nSPS) is 14.5. The van der Waals surface area contributed by atoms with Crippen LogP contribution in [0.1, 0.15) is 34.6 Å². The Morgan fingerprint density at radius 1 is 0.833 bits per heavy atom. The third kappa shape index (κ3) is 16.5. The first kappa shape index (κ1) is 34.8. The first-order valence-corrected chi connectivity index (χ1v) is 12.4. The fraction of sp³-hybridized carbons (Fsp3) is 0.833. The van der Waals surface area contributed by atoms with Crippen LogP contribution >= 0.6 is 15.9 Å². The van der Waals surface area contributed by atoms with Gasteiger partial charge in [0, 0.05) is 0 Å². The van der Waals surface area contributed by atoms with Gasteiger partial charge in [-0.15, -0.1) is 6.42 Å². The molecule has 1 N–H and O–H groups in total. The molecule has 2 unspecified atom stereocenters. The summed E-state index contributed by atoms with van der Waals surface area (Å²) in [7, 11) is 5.83. The molecule has 0 fully saturated rings. The van der Waals surface area contributed by atoms with E-state index in [0.29, 0.717) is 39.6 Å². The number of hydrogen-bond acceptors (Lipinski definition) is 10. The topological polar surface area (TPSA) is 119 Å². The maximum atomic E-state index is 12.8. The molecule has 12 heteroatoms. The van der Waals surface area contributed by atoms with E-state index in [2.05, 4.69) is 21.9 Å². The molecule has 0 aliphatic rings. The number of terminal acetylenes is 1. The highest BCUT2D eigenvalue weighted by Gasteiger charge is 2.40. The van der Waals surface area contributed by atoms with Crippen LogP contribution in [0, 0.1) is 17.8 Å². The molecule has 206 valence electrons. The van der Waals surface area contributed by atoms with Gasteiger partial charge >= 0.3 is 11.9 Å². The van der Waals surface area contributed by atoms with Crippen molar-refractivity contribution < 1.29 is 47.9 Å². The molecule has 2 atom stereocenters. The van der Waals surface area contributed by atoms with Crippen molar-refractivity contribution in [2.24, 2.45) is 5.41 Å². The van der Waals surface area contributed by atoms with Gasteiger partial charge in [-0.3, -0.25) is 9.59 Å². The van der Waals surface area contributed by atoms with Crippen LogP contribution in [-0.2, 0) is 42.7 Å². The number of alkyl halides is 1. The van der Waals surface area contributed by atoms with Crippen LogP contribution in [0.3, 0.4) is 0 Å². The number of carbonyl (C=O) groups is 2. The summed E-state index contributed by atoms with van der Waals surface area (Å²) >= 11 is 3.21. The average Bonchev–Trinajstić information content (AvgIpc) is 2.79. The van der Waals surface area contributed by atoms with Crippen molar-refractivity contribution >= 4 is 35.7 Å². The molecule has 0 aliphatic carbocycles. The van der Waals surface area contributed by atoms with Crippen molar-refractivity contribution in [1.82, 2.24) is 0 Å². The van der Waals surface area contributed by atoms with E-state index in [0.717, 1.165) is 0 Å². The average molecular weight is 579 g/mol. The largest absolute Gasteiger partial charge is 0.463 e. The molecule has 0 aromatic carbocycles. The monoisotopic (exact) mass is 578 g/mol. The predicted octanol–water partition coefficient (Wildman–Crippen LogP) is 1.65. The SMILES string of the molecule is [B]C(C)(C)C(O)OCC(C)(COC(=O)C(C)(C)Br)C(=O)OCCOCCOCCOCCOCC#C. The van der Waals surface area contributed by atoms with Gasteiger partial charge in [-0.05, 0) is 26.1 Å². The predicted molar refractivity (Wildman–Crippen MR) is 137 cm³/mol. The van der Waals surface area contributed by atoms with E-state index in [9.17, 15) is 14.7 Å².